The Bertz CT molecular complexity index is 947. The largest absolute Gasteiger partial charge is 0.359 e. The van der Waals surface area contributed by atoms with Crippen LogP contribution in [0, 0.1) is 0 Å². The summed E-state index contributed by atoms with van der Waals surface area (Å²) < 4.78 is 2.10. The Hall–Kier alpha value is -2.73. The van der Waals surface area contributed by atoms with Crippen molar-refractivity contribution in [1.82, 2.24) is 19.5 Å². The average Bonchev–Trinajstić information content (AvgIpc) is 3.31. The molecule has 0 unspecified atom stereocenters. The smallest absolute Gasteiger partial charge is 0.140 e. The molecular weight excluding hydrogens is 330 g/mol. The van der Waals surface area contributed by atoms with Gasteiger partial charge in [0.1, 0.15) is 17.0 Å². The molecule has 0 N–H and O–H groups in total. The zero-order valence-corrected chi connectivity index (χ0v) is 14.9. The lowest BCUT2D eigenvalue weighted by Gasteiger charge is -2.18. The molecule has 0 bridgehead atoms. The minimum absolute atomic E-state index is 0.931. The number of fused-ring (bicyclic) bond motifs is 1. The molecule has 1 aromatic carbocycles. The van der Waals surface area contributed by atoms with Crippen LogP contribution in [-0.2, 0) is 6.54 Å². The van der Waals surface area contributed by atoms with Crippen molar-refractivity contribution >= 4 is 27.4 Å². The van der Waals surface area contributed by atoms with E-state index in [9.17, 15) is 0 Å². The van der Waals surface area contributed by atoms with Crippen LogP contribution in [0.15, 0.2) is 61.4 Å². The van der Waals surface area contributed by atoms with Crippen LogP contribution in [0.4, 0.5) is 5.82 Å². The fraction of sp³-hybridized carbons (Fsp3) is 0.211. The maximum Gasteiger partial charge on any atom is 0.140 e. The average molecular weight is 349 g/mol. The highest BCUT2D eigenvalue weighted by molar-refractivity contribution is 7.21. The minimum Gasteiger partial charge on any atom is -0.359 e. The van der Waals surface area contributed by atoms with Crippen LogP contribution in [0.25, 0.3) is 20.7 Å². The number of thiophene rings is 1. The number of aryl methyl sites for hydroxylation is 1. The second-order valence-electron chi connectivity index (χ2n) is 5.97. The van der Waals surface area contributed by atoms with E-state index in [0.29, 0.717) is 0 Å². The lowest BCUT2D eigenvalue weighted by atomic mass is 10.2. The normalized spacial score (nSPS) is 11.1. The molecule has 4 aromatic rings. The molecule has 0 atom stereocenters. The lowest BCUT2D eigenvalue weighted by Crippen LogP contribution is -2.21. The summed E-state index contributed by atoms with van der Waals surface area (Å²) in [4.78, 5) is 17.5. The van der Waals surface area contributed by atoms with E-state index in [1.54, 1.807) is 17.7 Å². The summed E-state index contributed by atoms with van der Waals surface area (Å²) in [6.45, 7) is 1.89. The number of benzene rings is 1. The van der Waals surface area contributed by atoms with E-state index < -0.39 is 0 Å². The van der Waals surface area contributed by atoms with Gasteiger partial charge in [-0.05, 0) is 18.1 Å². The standard InChI is InChI=1S/C19H19N5S/c1-23(9-5-10-24-11-8-20-14-24)18-16-12-17(15-6-3-2-4-7-15)25-19(16)22-13-21-18/h2-4,6-8,11-14H,5,9-10H2,1H3. The molecule has 5 nitrogen and oxygen atoms in total. The summed E-state index contributed by atoms with van der Waals surface area (Å²) in [5.41, 5.74) is 1.22. The van der Waals surface area contributed by atoms with Gasteiger partial charge in [-0.25, -0.2) is 15.0 Å². The minimum atomic E-state index is 0.931. The van der Waals surface area contributed by atoms with Crippen molar-refractivity contribution in [2.45, 2.75) is 13.0 Å². The third-order valence-electron chi connectivity index (χ3n) is 4.20. The molecule has 6 heteroatoms. The molecule has 0 aliphatic rings. The second-order valence-corrected chi connectivity index (χ2v) is 7.00. The van der Waals surface area contributed by atoms with Crippen molar-refractivity contribution in [1.29, 1.82) is 0 Å². The molecule has 25 heavy (non-hydrogen) atoms. The molecule has 0 aliphatic heterocycles. The van der Waals surface area contributed by atoms with Crippen LogP contribution < -0.4 is 4.90 Å². The van der Waals surface area contributed by atoms with Gasteiger partial charge < -0.3 is 9.47 Å². The molecule has 0 saturated heterocycles. The number of rotatable bonds is 6. The second kappa shape index (κ2) is 7.03. The third kappa shape index (κ3) is 3.39. The first-order chi connectivity index (χ1) is 12.3. The van der Waals surface area contributed by atoms with Crippen LogP contribution in [0.1, 0.15) is 6.42 Å². The molecule has 3 aromatic heterocycles. The highest BCUT2D eigenvalue weighted by Crippen LogP contribution is 2.35. The van der Waals surface area contributed by atoms with E-state index in [2.05, 4.69) is 61.8 Å². The quantitative estimate of drug-likeness (QED) is 0.526. The Balaban J connectivity index is 1.55. The summed E-state index contributed by atoms with van der Waals surface area (Å²) >= 11 is 1.71. The van der Waals surface area contributed by atoms with Crippen molar-refractivity contribution in [3.05, 3.63) is 61.4 Å². The summed E-state index contributed by atoms with van der Waals surface area (Å²) in [5, 5.41) is 1.12. The lowest BCUT2D eigenvalue weighted by molar-refractivity contribution is 0.636. The van der Waals surface area contributed by atoms with E-state index in [1.807, 2.05) is 24.8 Å². The molecule has 0 radical (unpaired) electrons. The first-order valence-corrected chi connectivity index (χ1v) is 9.10. The van der Waals surface area contributed by atoms with Crippen LogP contribution in [0.2, 0.25) is 0 Å². The molecule has 0 spiro atoms. The predicted octanol–water partition coefficient (Wildman–Crippen LogP) is 4.08. The van der Waals surface area contributed by atoms with Gasteiger partial charge in [-0.3, -0.25) is 0 Å². The van der Waals surface area contributed by atoms with Crippen molar-refractivity contribution in [3.63, 3.8) is 0 Å². The van der Waals surface area contributed by atoms with Crippen LogP contribution in [-0.4, -0.2) is 33.1 Å². The van der Waals surface area contributed by atoms with Gasteiger partial charge in [-0.15, -0.1) is 11.3 Å². The Morgan fingerprint density at radius 1 is 1.16 bits per heavy atom. The van der Waals surface area contributed by atoms with Gasteiger partial charge in [-0.2, -0.15) is 0 Å². The zero-order valence-electron chi connectivity index (χ0n) is 14.0. The summed E-state index contributed by atoms with van der Waals surface area (Å²) in [7, 11) is 2.09. The first-order valence-electron chi connectivity index (χ1n) is 8.28. The molecule has 126 valence electrons. The van der Waals surface area contributed by atoms with Crippen LogP contribution in [0.5, 0.6) is 0 Å². The third-order valence-corrected chi connectivity index (χ3v) is 5.29. The van der Waals surface area contributed by atoms with Crippen molar-refractivity contribution in [3.8, 4) is 10.4 Å². The predicted molar refractivity (Wildman–Crippen MR) is 103 cm³/mol. The van der Waals surface area contributed by atoms with E-state index in [0.717, 1.165) is 35.5 Å². The molecule has 0 amide bonds. The van der Waals surface area contributed by atoms with Gasteiger partial charge in [0.25, 0.3) is 0 Å². The van der Waals surface area contributed by atoms with Gasteiger partial charge in [0.15, 0.2) is 0 Å². The summed E-state index contributed by atoms with van der Waals surface area (Å²) in [6.07, 6.45) is 8.36. The number of nitrogens with zero attached hydrogens (tertiary/aromatic N) is 5. The van der Waals surface area contributed by atoms with Gasteiger partial charge >= 0.3 is 0 Å². The SMILES string of the molecule is CN(CCCn1ccnc1)c1ncnc2sc(-c3ccccc3)cc12. The fourth-order valence-electron chi connectivity index (χ4n) is 2.91. The molecule has 4 rings (SSSR count). The van der Waals surface area contributed by atoms with Gasteiger partial charge in [-0.1, -0.05) is 30.3 Å². The highest BCUT2D eigenvalue weighted by Gasteiger charge is 2.13. The van der Waals surface area contributed by atoms with Gasteiger partial charge in [0.05, 0.1) is 11.7 Å². The Morgan fingerprint density at radius 2 is 2.04 bits per heavy atom. The molecule has 0 saturated carbocycles. The molecule has 0 fully saturated rings. The first kappa shape index (κ1) is 15.8. The topological polar surface area (TPSA) is 46.8 Å². The maximum atomic E-state index is 4.53. The molecular formula is C19H19N5S. The van der Waals surface area contributed by atoms with Crippen LogP contribution >= 0.6 is 11.3 Å². The number of imidazole rings is 1. The fourth-order valence-corrected chi connectivity index (χ4v) is 3.91. The highest BCUT2D eigenvalue weighted by atomic mass is 32.1. The Labute approximate surface area is 150 Å². The van der Waals surface area contributed by atoms with E-state index in [1.165, 1.54) is 10.4 Å². The van der Waals surface area contributed by atoms with E-state index in [-0.39, 0.29) is 0 Å². The zero-order chi connectivity index (χ0) is 17.1. The maximum absolute atomic E-state index is 4.53. The van der Waals surface area contributed by atoms with E-state index in [4.69, 9.17) is 0 Å². The Morgan fingerprint density at radius 3 is 2.84 bits per heavy atom. The molecule has 3 heterocycles. The van der Waals surface area contributed by atoms with Gasteiger partial charge in [0.2, 0.25) is 0 Å². The van der Waals surface area contributed by atoms with Crippen LogP contribution in [0.3, 0.4) is 0 Å². The van der Waals surface area contributed by atoms with E-state index >= 15 is 0 Å². The number of anilines is 1. The van der Waals surface area contributed by atoms with Crippen molar-refractivity contribution in [2.75, 3.05) is 18.5 Å². The van der Waals surface area contributed by atoms with Gasteiger partial charge in [0, 0.05) is 37.4 Å². The Kier molecular flexibility index (Phi) is 4.43. The van der Waals surface area contributed by atoms with Crippen molar-refractivity contribution in [2.24, 2.45) is 0 Å². The number of aromatic nitrogens is 4. The molecule has 0 aliphatic carbocycles. The number of hydrogen-bond acceptors (Lipinski definition) is 5. The summed E-state index contributed by atoms with van der Waals surface area (Å²) in [6, 6.07) is 12.6. The number of hydrogen-bond donors (Lipinski definition) is 0. The summed E-state index contributed by atoms with van der Waals surface area (Å²) in [5.74, 6) is 0.995. The monoisotopic (exact) mass is 349 g/mol. The van der Waals surface area contributed by atoms with Crippen molar-refractivity contribution < 1.29 is 0 Å².